The molecule has 2 aromatic carbocycles. The first-order valence-corrected chi connectivity index (χ1v) is 12.0. The molecule has 7 nitrogen and oxygen atoms in total. The largest absolute Gasteiger partial charge is 0.372 e. The van der Waals surface area contributed by atoms with Gasteiger partial charge in [-0.05, 0) is 74.5 Å². The highest BCUT2D eigenvalue weighted by atomic mass is 32.2. The van der Waals surface area contributed by atoms with Crippen LogP contribution in [0.2, 0.25) is 0 Å². The molecule has 2 atom stereocenters. The minimum Gasteiger partial charge on any atom is -0.372 e. The Morgan fingerprint density at radius 3 is 2.09 bits per heavy atom. The monoisotopic (exact) mass is 469 g/mol. The molecule has 172 valence electrons. The van der Waals surface area contributed by atoms with Gasteiger partial charge in [-0.2, -0.15) is 0 Å². The van der Waals surface area contributed by atoms with E-state index in [2.05, 4.69) is 15.2 Å². The third-order valence-corrected chi connectivity index (χ3v) is 7.09. The molecule has 1 aliphatic heterocycles. The molecule has 1 N–H and O–H groups in total. The third kappa shape index (κ3) is 5.20. The molecule has 1 aliphatic rings. The number of sulfone groups is 1. The number of aromatic nitrogens is 1. The van der Waals surface area contributed by atoms with Gasteiger partial charge in [-0.25, -0.2) is 17.8 Å². The average Bonchev–Trinajstić information content (AvgIpc) is 2.79. The smallest absolute Gasteiger partial charge is 0.257 e. The Labute approximate surface area is 192 Å². The van der Waals surface area contributed by atoms with Crippen LogP contribution in [0.25, 0.3) is 0 Å². The van der Waals surface area contributed by atoms with Gasteiger partial charge in [0.15, 0.2) is 0 Å². The van der Waals surface area contributed by atoms with E-state index in [0.717, 1.165) is 31.0 Å². The highest BCUT2D eigenvalue weighted by Crippen LogP contribution is 2.23. The highest BCUT2D eigenvalue weighted by molar-refractivity contribution is 7.91. The summed E-state index contributed by atoms with van der Waals surface area (Å²) in [7, 11) is -3.78. The van der Waals surface area contributed by atoms with Crippen LogP contribution in [0.4, 0.5) is 15.9 Å². The number of hydrogen-bond acceptors (Lipinski definition) is 6. The zero-order chi connectivity index (χ0) is 23.6. The van der Waals surface area contributed by atoms with Crippen molar-refractivity contribution in [3.05, 3.63) is 78.2 Å². The number of rotatable bonds is 5. The van der Waals surface area contributed by atoms with Crippen LogP contribution in [0.1, 0.15) is 24.2 Å². The van der Waals surface area contributed by atoms with Crippen LogP contribution in [-0.4, -0.2) is 44.6 Å². The van der Waals surface area contributed by atoms with E-state index in [-0.39, 0.29) is 27.9 Å². The van der Waals surface area contributed by atoms with Gasteiger partial charge in [-0.1, -0.05) is 0 Å². The van der Waals surface area contributed by atoms with Crippen LogP contribution in [0.15, 0.2) is 76.7 Å². The van der Waals surface area contributed by atoms with Crippen molar-refractivity contribution >= 4 is 27.2 Å². The molecule has 1 saturated heterocycles. The Hall–Kier alpha value is -3.30. The van der Waals surface area contributed by atoms with Gasteiger partial charge in [-0.3, -0.25) is 4.79 Å². The van der Waals surface area contributed by atoms with Crippen LogP contribution >= 0.6 is 0 Å². The maximum atomic E-state index is 13.1. The molecule has 2 heterocycles. The lowest BCUT2D eigenvalue weighted by atomic mass is 10.2. The fourth-order valence-corrected chi connectivity index (χ4v) is 5.00. The second kappa shape index (κ2) is 9.29. The number of benzene rings is 2. The lowest BCUT2D eigenvalue weighted by Crippen LogP contribution is -2.45. The van der Waals surface area contributed by atoms with E-state index in [1.54, 1.807) is 12.1 Å². The van der Waals surface area contributed by atoms with Gasteiger partial charge >= 0.3 is 0 Å². The molecule has 1 aromatic heterocycles. The Bertz CT molecular complexity index is 1220. The van der Waals surface area contributed by atoms with E-state index in [1.165, 1.54) is 42.6 Å². The number of carbonyl (C=O) groups excluding carboxylic acids is 1. The summed E-state index contributed by atoms with van der Waals surface area (Å²) in [6, 6.07) is 14.0. The molecule has 0 saturated carbocycles. The van der Waals surface area contributed by atoms with Crippen LogP contribution in [0, 0.1) is 5.82 Å². The maximum absolute atomic E-state index is 13.1. The van der Waals surface area contributed by atoms with Crippen molar-refractivity contribution < 1.29 is 22.3 Å². The Morgan fingerprint density at radius 2 is 1.55 bits per heavy atom. The van der Waals surface area contributed by atoms with Crippen LogP contribution < -0.4 is 10.2 Å². The first-order valence-electron chi connectivity index (χ1n) is 10.5. The predicted molar refractivity (Wildman–Crippen MR) is 123 cm³/mol. The van der Waals surface area contributed by atoms with Gasteiger partial charge in [0.2, 0.25) is 9.84 Å². The second-order valence-electron chi connectivity index (χ2n) is 8.00. The van der Waals surface area contributed by atoms with Gasteiger partial charge in [0.1, 0.15) is 11.6 Å². The van der Waals surface area contributed by atoms with Gasteiger partial charge in [-0.15, -0.1) is 0 Å². The summed E-state index contributed by atoms with van der Waals surface area (Å²) in [5.41, 5.74) is 0.828. The van der Waals surface area contributed by atoms with E-state index in [9.17, 15) is 17.6 Å². The number of anilines is 2. The van der Waals surface area contributed by atoms with Gasteiger partial charge in [0.25, 0.3) is 5.91 Å². The summed E-state index contributed by atoms with van der Waals surface area (Å²) >= 11 is 0. The van der Waals surface area contributed by atoms with E-state index in [0.29, 0.717) is 11.3 Å². The molecule has 33 heavy (non-hydrogen) atoms. The van der Waals surface area contributed by atoms with Crippen molar-refractivity contribution in [1.82, 2.24) is 4.98 Å². The SMILES string of the molecule is CC1CN(c2ccc(C(=O)Nc3ccc(S(=O)(=O)c4ccc(F)cc4)cc3)cn2)CC(C)O1. The summed E-state index contributed by atoms with van der Waals surface area (Å²) in [4.78, 5) is 19.2. The van der Waals surface area contributed by atoms with Crippen molar-refractivity contribution in [3.8, 4) is 0 Å². The van der Waals surface area contributed by atoms with E-state index in [4.69, 9.17) is 4.74 Å². The Kier molecular flexibility index (Phi) is 6.44. The normalized spacial score (nSPS) is 18.7. The van der Waals surface area contributed by atoms with Crippen molar-refractivity contribution in [2.24, 2.45) is 0 Å². The van der Waals surface area contributed by atoms with Crippen molar-refractivity contribution in [2.75, 3.05) is 23.3 Å². The summed E-state index contributed by atoms with van der Waals surface area (Å²) in [5.74, 6) is -0.0839. The number of halogens is 1. The topological polar surface area (TPSA) is 88.6 Å². The second-order valence-corrected chi connectivity index (χ2v) is 9.95. The quantitative estimate of drug-likeness (QED) is 0.570. The molecule has 0 aliphatic carbocycles. The first kappa shape index (κ1) is 22.9. The van der Waals surface area contributed by atoms with Crippen molar-refractivity contribution in [2.45, 2.75) is 35.8 Å². The zero-order valence-electron chi connectivity index (χ0n) is 18.2. The first-order chi connectivity index (χ1) is 15.7. The molecule has 2 unspecified atom stereocenters. The van der Waals surface area contributed by atoms with E-state index >= 15 is 0 Å². The molecule has 0 radical (unpaired) electrons. The summed E-state index contributed by atoms with van der Waals surface area (Å²) in [6.07, 6.45) is 1.73. The molecule has 1 fully saturated rings. The van der Waals surface area contributed by atoms with Crippen LogP contribution in [0.3, 0.4) is 0 Å². The summed E-state index contributed by atoms with van der Waals surface area (Å²) < 4.78 is 44.2. The number of nitrogens with one attached hydrogen (secondary N) is 1. The number of carbonyl (C=O) groups is 1. The number of hydrogen-bond donors (Lipinski definition) is 1. The van der Waals surface area contributed by atoms with Gasteiger partial charge in [0, 0.05) is 25.0 Å². The van der Waals surface area contributed by atoms with E-state index in [1.807, 2.05) is 13.8 Å². The molecule has 0 bridgehead atoms. The number of pyridine rings is 1. The van der Waals surface area contributed by atoms with Crippen LogP contribution in [0.5, 0.6) is 0 Å². The Balaban J connectivity index is 1.43. The zero-order valence-corrected chi connectivity index (χ0v) is 19.0. The minimum atomic E-state index is -3.78. The lowest BCUT2D eigenvalue weighted by molar-refractivity contribution is -0.00546. The van der Waals surface area contributed by atoms with Crippen molar-refractivity contribution in [3.63, 3.8) is 0 Å². The molecule has 4 rings (SSSR count). The number of ether oxygens (including phenoxy) is 1. The third-order valence-electron chi connectivity index (χ3n) is 5.30. The molecule has 9 heteroatoms. The highest BCUT2D eigenvalue weighted by Gasteiger charge is 2.23. The number of nitrogens with zero attached hydrogens (tertiary/aromatic N) is 2. The van der Waals surface area contributed by atoms with Gasteiger partial charge in [0.05, 0.1) is 27.6 Å². The molecular weight excluding hydrogens is 445 g/mol. The molecule has 1 amide bonds. The molecule has 3 aromatic rings. The maximum Gasteiger partial charge on any atom is 0.257 e. The molecular formula is C24H24FN3O4S. The predicted octanol–water partition coefficient (Wildman–Crippen LogP) is 3.92. The lowest BCUT2D eigenvalue weighted by Gasteiger charge is -2.36. The fraction of sp³-hybridized carbons (Fsp3) is 0.250. The van der Waals surface area contributed by atoms with E-state index < -0.39 is 15.7 Å². The minimum absolute atomic E-state index is 0.00379. The van der Waals surface area contributed by atoms with Crippen molar-refractivity contribution in [1.29, 1.82) is 0 Å². The summed E-state index contributed by atoms with van der Waals surface area (Å²) in [5, 5.41) is 2.74. The Morgan fingerprint density at radius 1 is 0.970 bits per heavy atom. The van der Waals surface area contributed by atoms with Crippen LogP contribution in [-0.2, 0) is 14.6 Å². The standard InChI is InChI=1S/C24H24FN3O4S/c1-16-14-28(15-17(2)32-16)23-12-3-18(13-26-23)24(29)27-20-6-10-22(11-7-20)33(30,31)21-8-4-19(25)5-9-21/h3-13,16-17H,14-15H2,1-2H3,(H,27,29). The molecule has 0 spiro atoms. The number of amides is 1. The summed E-state index contributed by atoms with van der Waals surface area (Å²) in [6.45, 7) is 5.49. The number of morpholine rings is 1. The fourth-order valence-electron chi connectivity index (χ4n) is 3.74. The van der Waals surface area contributed by atoms with Gasteiger partial charge < -0.3 is 15.0 Å². The average molecular weight is 470 g/mol.